The third kappa shape index (κ3) is 5.27. The van der Waals surface area contributed by atoms with Gasteiger partial charge in [-0.05, 0) is 84.9 Å². The Labute approximate surface area is 206 Å². The summed E-state index contributed by atoms with van der Waals surface area (Å²) in [6.07, 6.45) is 7.32. The number of aromatic nitrogens is 5. The van der Waals surface area contributed by atoms with Crippen LogP contribution in [0.25, 0.3) is 0 Å². The van der Waals surface area contributed by atoms with Gasteiger partial charge in [0.2, 0.25) is 0 Å². The number of benzene rings is 1. The average Bonchev–Trinajstić information content (AvgIpc) is 3.59. The summed E-state index contributed by atoms with van der Waals surface area (Å²) in [5.41, 5.74) is 2.68. The number of hydrogen-bond acceptors (Lipinski definition) is 6. The van der Waals surface area contributed by atoms with Crippen LogP contribution in [0.5, 0.6) is 0 Å². The molecule has 3 aromatic rings. The van der Waals surface area contributed by atoms with Crippen LogP contribution in [-0.2, 0) is 13.0 Å². The Hall–Kier alpha value is -3.13. The van der Waals surface area contributed by atoms with Gasteiger partial charge in [-0.15, -0.1) is 5.10 Å². The molecule has 3 heterocycles. The van der Waals surface area contributed by atoms with Gasteiger partial charge >= 0.3 is 0 Å². The van der Waals surface area contributed by atoms with E-state index in [2.05, 4.69) is 20.5 Å². The lowest BCUT2D eigenvalue weighted by molar-refractivity contribution is 0.0704. The molecule has 2 fully saturated rings. The van der Waals surface area contributed by atoms with E-state index in [-0.39, 0.29) is 5.91 Å². The number of pyridine rings is 1. The minimum absolute atomic E-state index is 0.00278. The normalized spacial score (nSPS) is 21.8. The number of nitrogens with zero attached hydrogens (tertiary/aromatic N) is 6. The minimum Gasteiger partial charge on any atom is -0.388 e. The number of aryl methyl sites for hydroxylation is 1. The van der Waals surface area contributed by atoms with Crippen molar-refractivity contribution in [1.82, 2.24) is 30.1 Å². The molecule has 8 nitrogen and oxygen atoms in total. The molecule has 1 saturated carbocycles. The number of carbonyl (C=O) groups excluding carboxylic acids is 1. The molecule has 8 heteroatoms. The quantitative estimate of drug-likeness (QED) is 0.559. The van der Waals surface area contributed by atoms with Crippen molar-refractivity contribution in [2.24, 2.45) is 11.8 Å². The molecule has 0 radical (unpaired) electrons. The monoisotopic (exact) mass is 474 g/mol. The number of aliphatic hydroxyl groups is 1. The Balaban J connectivity index is 1.12. The van der Waals surface area contributed by atoms with Gasteiger partial charge in [0, 0.05) is 31.7 Å². The van der Waals surface area contributed by atoms with Crippen molar-refractivity contribution in [3.8, 4) is 0 Å². The second-order valence-corrected chi connectivity index (χ2v) is 9.97. The zero-order valence-electron chi connectivity index (χ0n) is 20.3. The highest BCUT2D eigenvalue weighted by Gasteiger charge is 2.31. The summed E-state index contributed by atoms with van der Waals surface area (Å²) >= 11 is 0. The van der Waals surface area contributed by atoms with E-state index < -0.39 is 6.10 Å². The lowest BCUT2D eigenvalue weighted by atomic mass is 9.92. The SMILES string of the molecule is CCn1nnnc1C1CCN(C(=O)c2ccc(C[C@@H]3CC[C@H]([C@H](O)c4ccccc4)C3)cn2)CC1. The number of aliphatic hydroxyl groups excluding tert-OH is 1. The Bertz CT molecular complexity index is 1110. The van der Waals surface area contributed by atoms with E-state index >= 15 is 0 Å². The van der Waals surface area contributed by atoms with Crippen LogP contribution in [0.15, 0.2) is 48.7 Å². The first-order valence-corrected chi connectivity index (χ1v) is 12.9. The van der Waals surface area contributed by atoms with Crippen molar-refractivity contribution in [1.29, 1.82) is 0 Å². The molecule has 184 valence electrons. The van der Waals surface area contributed by atoms with Crippen molar-refractivity contribution < 1.29 is 9.90 Å². The molecule has 1 amide bonds. The summed E-state index contributed by atoms with van der Waals surface area (Å²) in [6, 6.07) is 13.9. The molecular formula is C27H34N6O2. The number of rotatable bonds is 7. The maximum absolute atomic E-state index is 13.0. The number of likely N-dealkylation sites (tertiary alicyclic amines) is 1. The first kappa shape index (κ1) is 23.6. The van der Waals surface area contributed by atoms with Crippen LogP contribution >= 0.6 is 0 Å². The van der Waals surface area contributed by atoms with Crippen LogP contribution < -0.4 is 0 Å². The molecule has 1 saturated heterocycles. The van der Waals surface area contributed by atoms with Crippen LogP contribution in [0.1, 0.15) is 78.5 Å². The molecule has 1 aliphatic heterocycles. The van der Waals surface area contributed by atoms with Gasteiger partial charge in [0.15, 0.2) is 5.82 Å². The van der Waals surface area contributed by atoms with E-state index in [1.54, 1.807) is 0 Å². The second kappa shape index (κ2) is 10.6. The summed E-state index contributed by atoms with van der Waals surface area (Å²) in [7, 11) is 0. The fourth-order valence-electron chi connectivity index (χ4n) is 5.75. The molecule has 2 aromatic heterocycles. The van der Waals surface area contributed by atoms with Crippen LogP contribution in [0.2, 0.25) is 0 Å². The number of piperidine rings is 1. The minimum atomic E-state index is -0.391. The Morgan fingerprint density at radius 1 is 1.09 bits per heavy atom. The first-order chi connectivity index (χ1) is 17.1. The van der Waals surface area contributed by atoms with E-state index in [1.807, 2.05) is 65.2 Å². The van der Waals surface area contributed by atoms with E-state index in [0.29, 0.717) is 36.5 Å². The predicted molar refractivity (Wildman–Crippen MR) is 132 cm³/mol. The molecule has 2 aliphatic rings. The highest BCUT2D eigenvalue weighted by molar-refractivity contribution is 5.92. The molecule has 3 atom stereocenters. The molecule has 0 bridgehead atoms. The molecule has 1 aliphatic carbocycles. The maximum Gasteiger partial charge on any atom is 0.272 e. The van der Waals surface area contributed by atoms with E-state index in [9.17, 15) is 9.90 Å². The van der Waals surface area contributed by atoms with Gasteiger partial charge in [0.1, 0.15) is 5.69 Å². The highest BCUT2D eigenvalue weighted by atomic mass is 16.3. The van der Waals surface area contributed by atoms with E-state index in [0.717, 1.165) is 62.0 Å². The molecule has 1 N–H and O–H groups in total. The zero-order chi connectivity index (χ0) is 24.2. The average molecular weight is 475 g/mol. The number of hydrogen-bond donors (Lipinski definition) is 1. The predicted octanol–water partition coefficient (Wildman–Crippen LogP) is 3.80. The van der Waals surface area contributed by atoms with Gasteiger partial charge in [0.05, 0.1) is 6.10 Å². The van der Waals surface area contributed by atoms with Crippen LogP contribution in [0, 0.1) is 11.8 Å². The first-order valence-electron chi connectivity index (χ1n) is 12.9. The second-order valence-electron chi connectivity index (χ2n) is 9.97. The summed E-state index contributed by atoms with van der Waals surface area (Å²) in [5.74, 6) is 2.06. The Kier molecular flexibility index (Phi) is 7.18. The van der Waals surface area contributed by atoms with Crippen LogP contribution in [0.3, 0.4) is 0 Å². The van der Waals surface area contributed by atoms with Gasteiger partial charge in [-0.2, -0.15) is 0 Å². The molecular weight excluding hydrogens is 440 g/mol. The maximum atomic E-state index is 13.0. The molecule has 0 spiro atoms. The highest BCUT2D eigenvalue weighted by Crippen LogP contribution is 2.40. The third-order valence-electron chi connectivity index (χ3n) is 7.74. The fourth-order valence-corrected chi connectivity index (χ4v) is 5.75. The molecule has 5 rings (SSSR count). The molecule has 1 aromatic carbocycles. The van der Waals surface area contributed by atoms with Gasteiger partial charge < -0.3 is 10.0 Å². The summed E-state index contributed by atoms with van der Waals surface area (Å²) in [4.78, 5) is 19.4. The van der Waals surface area contributed by atoms with Crippen molar-refractivity contribution in [3.05, 3.63) is 71.3 Å². The summed E-state index contributed by atoms with van der Waals surface area (Å²) < 4.78 is 1.84. The van der Waals surface area contributed by atoms with Gasteiger partial charge in [-0.1, -0.05) is 36.4 Å². The number of carbonyl (C=O) groups is 1. The standard InChI is InChI=1S/C27H34N6O2/c1-2-33-26(29-30-31-33)22-12-14-32(15-13-22)27(35)24-11-9-20(18-28-24)16-19-8-10-23(17-19)25(34)21-6-4-3-5-7-21/h3-7,9,11,18-19,22-23,25,34H,2,8,10,12-17H2,1H3/t19-,23-,25+/m0/s1. The van der Waals surface area contributed by atoms with Crippen molar-refractivity contribution in [2.45, 2.75) is 64.0 Å². The smallest absolute Gasteiger partial charge is 0.272 e. The van der Waals surface area contributed by atoms with Crippen LogP contribution in [-0.4, -0.2) is 54.2 Å². The summed E-state index contributed by atoms with van der Waals surface area (Å²) in [5, 5.41) is 22.8. The Morgan fingerprint density at radius 2 is 1.89 bits per heavy atom. The topological polar surface area (TPSA) is 97.0 Å². The number of tetrazole rings is 1. The molecule has 35 heavy (non-hydrogen) atoms. The zero-order valence-corrected chi connectivity index (χ0v) is 20.3. The molecule has 0 unspecified atom stereocenters. The van der Waals surface area contributed by atoms with Crippen molar-refractivity contribution in [2.75, 3.05) is 13.1 Å². The van der Waals surface area contributed by atoms with Crippen molar-refractivity contribution in [3.63, 3.8) is 0 Å². The lowest BCUT2D eigenvalue weighted by Crippen LogP contribution is -2.38. The Morgan fingerprint density at radius 3 is 2.60 bits per heavy atom. The third-order valence-corrected chi connectivity index (χ3v) is 7.74. The fraction of sp³-hybridized carbons (Fsp3) is 0.519. The van der Waals surface area contributed by atoms with Crippen molar-refractivity contribution >= 4 is 5.91 Å². The van der Waals surface area contributed by atoms with Crippen LogP contribution in [0.4, 0.5) is 0 Å². The van der Waals surface area contributed by atoms with Gasteiger partial charge in [-0.3, -0.25) is 9.78 Å². The van der Waals surface area contributed by atoms with E-state index in [1.165, 1.54) is 0 Å². The van der Waals surface area contributed by atoms with Gasteiger partial charge in [-0.25, -0.2) is 4.68 Å². The van der Waals surface area contributed by atoms with E-state index in [4.69, 9.17) is 0 Å². The van der Waals surface area contributed by atoms with Gasteiger partial charge in [0.25, 0.3) is 5.91 Å². The summed E-state index contributed by atoms with van der Waals surface area (Å²) in [6.45, 7) is 4.17. The largest absolute Gasteiger partial charge is 0.388 e. The lowest BCUT2D eigenvalue weighted by Gasteiger charge is -2.31. The number of amides is 1.